The van der Waals surface area contributed by atoms with Gasteiger partial charge in [-0.3, -0.25) is 4.72 Å². The van der Waals surface area contributed by atoms with Gasteiger partial charge in [0.2, 0.25) is 0 Å². The number of sulfonamides is 1. The predicted molar refractivity (Wildman–Crippen MR) is 95.9 cm³/mol. The number of para-hydroxylation sites is 1. The van der Waals surface area contributed by atoms with Crippen LogP contribution in [-0.4, -0.2) is 26.1 Å². The SMILES string of the molecule is CCCOc1cc(C)c(C)cc1S(=O)(=O)Nc1ccccc1C(=O)O. The first-order chi connectivity index (χ1) is 11.8. The van der Waals surface area contributed by atoms with E-state index in [4.69, 9.17) is 4.74 Å². The van der Waals surface area contributed by atoms with Crippen molar-refractivity contribution in [2.75, 3.05) is 11.3 Å². The first kappa shape index (κ1) is 18.8. The number of carbonyl (C=O) groups is 1. The third-order valence-electron chi connectivity index (χ3n) is 3.71. The van der Waals surface area contributed by atoms with Crippen LogP contribution in [0.4, 0.5) is 5.69 Å². The Kier molecular flexibility index (Phi) is 5.69. The van der Waals surface area contributed by atoms with E-state index in [1.807, 2.05) is 20.8 Å². The van der Waals surface area contributed by atoms with Crippen LogP contribution >= 0.6 is 0 Å². The summed E-state index contributed by atoms with van der Waals surface area (Å²) in [5.41, 5.74) is 1.60. The number of hydrogen-bond acceptors (Lipinski definition) is 4. The number of aromatic carboxylic acids is 1. The van der Waals surface area contributed by atoms with Crippen molar-refractivity contribution >= 4 is 21.7 Å². The number of benzene rings is 2. The van der Waals surface area contributed by atoms with Gasteiger partial charge in [-0.05, 0) is 55.7 Å². The van der Waals surface area contributed by atoms with Crippen molar-refractivity contribution in [3.05, 3.63) is 53.1 Å². The fourth-order valence-corrected chi connectivity index (χ4v) is 3.55. The summed E-state index contributed by atoms with van der Waals surface area (Å²) in [5.74, 6) is -0.953. The summed E-state index contributed by atoms with van der Waals surface area (Å²) in [5, 5.41) is 9.22. The summed E-state index contributed by atoms with van der Waals surface area (Å²) in [6, 6.07) is 9.07. The van der Waals surface area contributed by atoms with Gasteiger partial charge in [-0.2, -0.15) is 0 Å². The zero-order valence-corrected chi connectivity index (χ0v) is 15.2. The molecule has 0 atom stereocenters. The minimum atomic E-state index is -4.01. The molecule has 0 unspecified atom stereocenters. The van der Waals surface area contributed by atoms with Crippen LogP contribution < -0.4 is 9.46 Å². The second-order valence-electron chi connectivity index (χ2n) is 5.69. The van der Waals surface area contributed by atoms with E-state index in [0.29, 0.717) is 6.61 Å². The third kappa shape index (κ3) is 4.30. The first-order valence-corrected chi connectivity index (χ1v) is 9.33. The number of anilines is 1. The smallest absolute Gasteiger partial charge is 0.337 e. The van der Waals surface area contributed by atoms with Crippen molar-refractivity contribution in [1.82, 2.24) is 0 Å². The molecule has 0 amide bonds. The Balaban J connectivity index is 2.50. The first-order valence-electron chi connectivity index (χ1n) is 7.85. The lowest BCUT2D eigenvalue weighted by Gasteiger charge is -2.16. The van der Waals surface area contributed by atoms with Crippen LogP contribution in [0.2, 0.25) is 0 Å². The summed E-state index contributed by atoms with van der Waals surface area (Å²) in [7, 11) is -4.01. The monoisotopic (exact) mass is 363 g/mol. The highest BCUT2D eigenvalue weighted by atomic mass is 32.2. The maximum atomic E-state index is 12.8. The molecule has 0 heterocycles. The van der Waals surface area contributed by atoms with Crippen molar-refractivity contribution in [2.24, 2.45) is 0 Å². The molecule has 7 heteroatoms. The summed E-state index contributed by atoms with van der Waals surface area (Å²) in [6.07, 6.45) is 0.738. The van der Waals surface area contributed by atoms with Gasteiger partial charge in [-0.15, -0.1) is 0 Å². The van der Waals surface area contributed by atoms with Crippen molar-refractivity contribution in [1.29, 1.82) is 0 Å². The Morgan fingerprint density at radius 2 is 1.80 bits per heavy atom. The Morgan fingerprint density at radius 3 is 2.44 bits per heavy atom. The molecule has 0 spiro atoms. The largest absolute Gasteiger partial charge is 0.492 e. The van der Waals surface area contributed by atoms with Gasteiger partial charge < -0.3 is 9.84 Å². The van der Waals surface area contributed by atoms with Crippen LogP contribution in [0, 0.1) is 13.8 Å². The number of ether oxygens (including phenoxy) is 1. The summed E-state index contributed by atoms with van der Waals surface area (Å²) in [6.45, 7) is 5.99. The minimum absolute atomic E-state index is 0.00895. The highest BCUT2D eigenvalue weighted by Gasteiger charge is 2.23. The highest BCUT2D eigenvalue weighted by molar-refractivity contribution is 7.92. The summed E-state index contributed by atoms with van der Waals surface area (Å²) < 4.78 is 33.6. The number of carboxylic acids is 1. The normalized spacial score (nSPS) is 11.2. The van der Waals surface area contributed by atoms with Gasteiger partial charge in [-0.1, -0.05) is 19.1 Å². The zero-order valence-electron chi connectivity index (χ0n) is 14.4. The number of nitrogens with one attached hydrogen (secondary N) is 1. The van der Waals surface area contributed by atoms with Crippen LogP contribution in [0.1, 0.15) is 34.8 Å². The van der Waals surface area contributed by atoms with E-state index in [2.05, 4.69) is 4.72 Å². The van der Waals surface area contributed by atoms with E-state index in [1.54, 1.807) is 12.1 Å². The molecule has 0 bridgehead atoms. The standard InChI is InChI=1S/C18H21NO5S/c1-4-9-24-16-10-12(2)13(3)11-17(16)25(22,23)19-15-8-6-5-7-14(15)18(20)21/h5-8,10-11,19H,4,9H2,1-3H3,(H,20,21). The molecular formula is C18H21NO5S. The molecule has 0 aliphatic rings. The average molecular weight is 363 g/mol. The lowest BCUT2D eigenvalue weighted by Crippen LogP contribution is -2.17. The van der Waals surface area contributed by atoms with Gasteiger partial charge in [0.1, 0.15) is 10.6 Å². The molecule has 2 aromatic carbocycles. The Morgan fingerprint density at radius 1 is 1.16 bits per heavy atom. The maximum absolute atomic E-state index is 12.8. The second-order valence-corrected chi connectivity index (χ2v) is 7.34. The zero-order chi connectivity index (χ0) is 18.6. The predicted octanol–water partition coefficient (Wildman–Crippen LogP) is 3.59. The van der Waals surface area contributed by atoms with Crippen LogP contribution in [0.15, 0.2) is 41.3 Å². The fraction of sp³-hybridized carbons (Fsp3) is 0.278. The molecule has 0 aliphatic carbocycles. The number of rotatable bonds is 7. The van der Waals surface area contributed by atoms with Crippen LogP contribution in [0.3, 0.4) is 0 Å². The Hall–Kier alpha value is -2.54. The average Bonchev–Trinajstić information content (AvgIpc) is 2.55. The molecule has 0 radical (unpaired) electrons. The fourth-order valence-electron chi connectivity index (χ4n) is 2.26. The van der Waals surface area contributed by atoms with Gasteiger partial charge in [0.05, 0.1) is 17.9 Å². The van der Waals surface area contributed by atoms with Gasteiger partial charge in [0.25, 0.3) is 10.0 Å². The van der Waals surface area contributed by atoms with Gasteiger partial charge in [0.15, 0.2) is 0 Å². The van der Waals surface area contributed by atoms with Crippen LogP contribution in [-0.2, 0) is 10.0 Å². The molecule has 2 N–H and O–H groups in total. The molecule has 2 rings (SSSR count). The quantitative estimate of drug-likeness (QED) is 0.784. The second kappa shape index (κ2) is 7.57. The molecule has 2 aromatic rings. The Labute approximate surface area is 147 Å². The molecule has 0 aromatic heterocycles. The van der Waals surface area contributed by atoms with Crippen LogP contribution in [0.5, 0.6) is 5.75 Å². The highest BCUT2D eigenvalue weighted by Crippen LogP contribution is 2.30. The molecule has 25 heavy (non-hydrogen) atoms. The van der Waals surface area contributed by atoms with E-state index < -0.39 is 16.0 Å². The number of hydrogen-bond donors (Lipinski definition) is 2. The molecule has 6 nitrogen and oxygen atoms in total. The van der Waals surface area contributed by atoms with Crippen LogP contribution in [0.25, 0.3) is 0 Å². The third-order valence-corrected chi connectivity index (χ3v) is 5.10. The molecular weight excluding hydrogens is 342 g/mol. The molecule has 0 saturated heterocycles. The molecule has 134 valence electrons. The van der Waals surface area contributed by atoms with Crippen molar-refractivity contribution in [3.8, 4) is 5.75 Å². The molecule has 0 saturated carbocycles. The lowest BCUT2D eigenvalue weighted by atomic mass is 10.1. The van der Waals surface area contributed by atoms with E-state index in [9.17, 15) is 18.3 Å². The minimum Gasteiger partial charge on any atom is -0.492 e. The van der Waals surface area contributed by atoms with E-state index in [-0.39, 0.29) is 21.9 Å². The van der Waals surface area contributed by atoms with Crippen molar-refractivity contribution in [3.63, 3.8) is 0 Å². The molecule has 0 fully saturated rings. The van der Waals surface area contributed by atoms with Gasteiger partial charge >= 0.3 is 5.97 Å². The topological polar surface area (TPSA) is 92.7 Å². The van der Waals surface area contributed by atoms with Gasteiger partial charge in [0, 0.05) is 0 Å². The van der Waals surface area contributed by atoms with E-state index >= 15 is 0 Å². The summed E-state index contributed by atoms with van der Waals surface area (Å²) >= 11 is 0. The maximum Gasteiger partial charge on any atom is 0.337 e. The van der Waals surface area contributed by atoms with E-state index in [1.165, 1.54) is 24.3 Å². The van der Waals surface area contributed by atoms with Crippen molar-refractivity contribution < 1.29 is 23.1 Å². The molecule has 0 aliphatic heterocycles. The van der Waals surface area contributed by atoms with Gasteiger partial charge in [-0.25, -0.2) is 13.2 Å². The Bertz CT molecular complexity index is 890. The summed E-state index contributed by atoms with van der Waals surface area (Å²) in [4.78, 5) is 11.3. The number of aryl methyl sites for hydroxylation is 2. The lowest BCUT2D eigenvalue weighted by molar-refractivity contribution is 0.0698. The van der Waals surface area contributed by atoms with E-state index in [0.717, 1.165) is 17.5 Å². The number of carboxylic acid groups (broad SMARTS) is 1. The van der Waals surface area contributed by atoms with Crippen molar-refractivity contribution in [2.45, 2.75) is 32.1 Å².